The summed E-state index contributed by atoms with van der Waals surface area (Å²) in [7, 11) is -3.92. The summed E-state index contributed by atoms with van der Waals surface area (Å²) in [5, 5.41) is 3.18. The molecule has 0 spiro atoms. The maximum atomic E-state index is 13.3. The van der Waals surface area contributed by atoms with Crippen LogP contribution in [-0.4, -0.2) is 25.2 Å². The van der Waals surface area contributed by atoms with Crippen molar-refractivity contribution in [1.82, 2.24) is 4.31 Å². The second-order valence-corrected chi connectivity index (χ2v) is 10.1. The topological polar surface area (TPSA) is 66.5 Å². The molecule has 0 fully saturated rings. The SMILES string of the molecule is Cc1cccc(CN(CC(=O)Nc2cccc(Br)c2)S(=O)(=O)c2ccc(Cl)cc2)c1. The lowest BCUT2D eigenvalue weighted by Gasteiger charge is -2.22. The molecule has 0 atom stereocenters. The molecule has 0 heterocycles. The van der Waals surface area contributed by atoms with Gasteiger partial charge in [-0.3, -0.25) is 4.79 Å². The van der Waals surface area contributed by atoms with Crippen LogP contribution in [0.4, 0.5) is 5.69 Å². The fourth-order valence-corrected chi connectivity index (χ4v) is 4.83. The number of sulfonamides is 1. The van der Waals surface area contributed by atoms with E-state index in [4.69, 9.17) is 11.6 Å². The molecule has 0 aliphatic heterocycles. The molecule has 3 rings (SSSR count). The van der Waals surface area contributed by atoms with Crippen molar-refractivity contribution in [3.8, 4) is 0 Å². The maximum Gasteiger partial charge on any atom is 0.243 e. The lowest BCUT2D eigenvalue weighted by molar-refractivity contribution is -0.116. The minimum atomic E-state index is -3.92. The Hall–Kier alpha value is -2.19. The van der Waals surface area contributed by atoms with Gasteiger partial charge in [-0.25, -0.2) is 8.42 Å². The first kappa shape index (κ1) is 22.5. The van der Waals surface area contributed by atoms with E-state index < -0.39 is 15.9 Å². The molecule has 0 aromatic heterocycles. The fraction of sp³-hybridized carbons (Fsp3) is 0.136. The van der Waals surface area contributed by atoms with Crippen LogP contribution >= 0.6 is 27.5 Å². The van der Waals surface area contributed by atoms with Gasteiger partial charge in [0.05, 0.1) is 11.4 Å². The average Bonchev–Trinajstić information content (AvgIpc) is 2.68. The van der Waals surface area contributed by atoms with Gasteiger partial charge in [0.1, 0.15) is 0 Å². The summed E-state index contributed by atoms with van der Waals surface area (Å²) in [6.07, 6.45) is 0. The number of nitrogens with zero attached hydrogens (tertiary/aromatic N) is 1. The Balaban J connectivity index is 1.88. The van der Waals surface area contributed by atoms with Crippen molar-refractivity contribution in [2.75, 3.05) is 11.9 Å². The molecule has 0 aliphatic carbocycles. The van der Waals surface area contributed by atoms with E-state index in [9.17, 15) is 13.2 Å². The molecule has 0 saturated carbocycles. The highest BCUT2D eigenvalue weighted by Crippen LogP contribution is 2.21. The smallest absolute Gasteiger partial charge is 0.243 e. The summed E-state index contributed by atoms with van der Waals surface area (Å²) in [6.45, 7) is 1.67. The predicted octanol–water partition coefficient (Wildman–Crippen LogP) is 5.24. The van der Waals surface area contributed by atoms with E-state index in [2.05, 4.69) is 21.2 Å². The monoisotopic (exact) mass is 506 g/mol. The summed E-state index contributed by atoms with van der Waals surface area (Å²) >= 11 is 9.25. The number of benzene rings is 3. The zero-order chi connectivity index (χ0) is 21.7. The predicted molar refractivity (Wildman–Crippen MR) is 123 cm³/mol. The molecule has 0 bridgehead atoms. The van der Waals surface area contributed by atoms with Crippen molar-refractivity contribution in [3.05, 3.63) is 93.4 Å². The first-order valence-corrected chi connectivity index (χ1v) is 11.7. The Bertz CT molecular complexity index is 1150. The minimum absolute atomic E-state index is 0.0680. The standard InChI is InChI=1S/C22H20BrClN2O3S/c1-16-4-2-5-17(12-16)14-26(30(28,29)21-10-8-19(24)9-11-21)15-22(27)25-20-7-3-6-18(23)13-20/h2-13H,14-15H2,1H3,(H,25,27). The van der Waals surface area contributed by atoms with Crippen molar-refractivity contribution in [2.24, 2.45) is 0 Å². The van der Waals surface area contributed by atoms with Crippen LogP contribution in [-0.2, 0) is 21.4 Å². The van der Waals surface area contributed by atoms with E-state index in [0.29, 0.717) is 10.7 Å². The van der Waals surface area contributed by atoms with E-state index in [1.54, 1.807) is 18.2 Å². The van der Waals surface area contributed by atoms with Gasteiger partial charge < -0.3 is 5.32 Å². The summed E-state index contributed by atoms with van der Waals surface area (Å²) in [5.74, 6) is -0.432. The highest BCUT2D eigenvalue weighted by Gasteiger charge is 2.27. The van der Waals surface area contributed by atoms with Gasteiger partial charge in [-0.15, -0.1) is 0 Å². The Kier molecular flexibility index (Phi) is 7.31. The highest BCUT2D eigenvalue weighted by molar-refractivity contribution is 9.10. The van der Waals surface area contributed by atoms with Crippen LogP contribution in [0.2, 0.25) is 5.02 Å². The molecule has 1 amide bonds. The number of carbonyl (C=O) groups excluding carboxylic acids is 1. The minimum Gasteiger partial charge on any atom is -0.325 e. The van der Waals surface area contributed by atoms with Gasteiger partial charge in [-0.1, -0.05) is 63.4 Å². The Morgan fingerprint density at radius 1 is 1.03 bits per heavy atom. The van der Waals surface area contributed by atoms with E-state index >= 15 is 0 Å². The highest BCUT2D eigenvalue weighted by atomic mass is 79.9. The summed E-state index contributed by atoms with van der Waals surface area (Å²) < 4.78 is 28.5. The molecule has 30 heavy (non-hydrogen) atoms. The van der Waals surface area contributed by atoms with Crippen LogP contribution in [0.5, 0.6) is 0 Å². The van der Waals surface area contributed by atoms with Gasteiger partial charge >= 0.3 is 0 Å². The summed E-state index contributed by atoms with van der Waals surface area (Å²) in [5.41, 5.74) is 2.38. The molecule has 3 aromatic rings. The number of amides is 1. The molecule has 0 aliphatic rings. The van der Waals surface area contributed by atoms with Crippen molar-refractivity contribution >= 4 is 49.1 Å². The fourth-order valence-electron chi connectivity index (χ4n) is 2.92. The largest absolute Gasteiger partial charge is 0.325 e. The third kappa shape index (κ3) is 5.92. The normalized spacial score (nSPS) is 11.5. The number of rotatable bonds is 7. The second-order valence-electron chi connectivity index (χ2n) is 6.77. The average molecular weight is 508 g/mol. The molecule has 8 heteroatoms. The quantitative estimate of drug-likeness (QED) is 0.475. The van der Waals surface area contributed by atoms with Gasteiger partial charge in [0, 0.05) is 21.7 Å². The van der Waals surface area contributed by atoms with Crippen LogP contribution in [0.15, 0.2) is 82.2 Å². The molecule has 0 saturated heterocycles. The molecule has 156 valence electrons. The number of hydrogen-bond donors (Lipinski definition) is 1. The number of aryl methyl sites for hydroxylation is 1. The summed E-state index contributed by atoms with van der Waals surface area (Å²) in [4.78, 5) is 12.7. The van der Waals surface area contributed by atoms with Gasteiger partial charge in [-0.2, -0.15) is 4.31 Å². The van der Waals surface area contributed by atoms with Crippen LogP contribution in [0.3, 0.4) is 0 Å². The first-order valence-electron chi connectivity index (χ1n) is 9.11. The van der Waals surface area contributed by atoms with Crippen LogP contribution < -0.4 is 5.32 Å². The first-order chi connectivity index (χ1) is 14.2. The lowest BCUT2D eigenvalue weighted by atomic mass is 10.1. The third-order valence-corrected chi connectivity index (χ3v) is 6.87. The molecule has 3 aromatic carbocycles. The van der Waals surface area contributed by atoms with E-state index in [1.807, 2.05) is 37.3 Å². The number of nitrogens with one attached hydrogen (secondary N) is 1. The van der Waals surface area contributed by atoms with Gasteiger partial charge in [0.15, 0.2) is 0 Å². The second kappa shape index (κ2) is 9.75. The van der Waals surface area contributed by atoms with E-state index in [-0.39, 0.29) is 18.0 Å². The molecule has 5 nitrogen and oxygen atoms in total. The Morgan fingerprint density at radius 2 is 1.73 bits per heavy atom. The number of halogens is 2. The number of anilines is 1. The van der Waals surface area contributed by atoms with Crippen molar-refractivity contribution < 1.29 is 13.2 Å². The zero-order valence-electron chi connectivity index (χ0n) is 16.2. The van der Waals surface area contributed by atoms with Crippen molar-refractivity contribution in [2.45, 2.75) is 18.4 Å². The maximum absolute atomic E-state index is 13.3. The number of carbonyl (C=O) groups is 1. The van der Waals surface area contributed by atoms with Crippen LogP contribution in [0.1, 0.15) is 11.1 Å². The molecular weight excluding hydrogens is 488 g/mol. The molecule has 1 N–H and O–H groups in total. The third-order valence-electron chi connectivity index (χ3n) is 4.32. The molecular formula is C22H20BrClN2O3S. The molecule has 0 radical (unpaired) electrons. The van der Waals surface area contributed by atoms with Gasteiger partial charge in [0.25, 0.3) is 0 Å². The zero-order valence-corrected chi connectivity index (χ0v) is 19.3. The summed E-state index contributed by atoms with van der Waals surface area (Å²) in [6, 6.07) is 20.5. The van der Waals surface area contributed by atoms with Gasteiger partial charge in [0.2, 0.25) is 15.9 Å². The molecule has 0 unspecified atom stereocenters. The van der Waals surface area contributed by atoms with Crippen molar-refractivity contribution in [3.63, 3.8) is 0 Å². The van der Waals surface area contributed by atoms with Crippen LogP contribution in [0, 0.1) is 6.92 Å². The lowest BCUT2D eigenvalue weighted by Crippen LogP contribution is -2.37. The van der Waals surface area contributed by atoms with Gasteiger partial charge in [-0.05, 0) is 55.0 Å². The van der Waals surface area contributed by atoms with E-state index in [0.717, 1.165) is 15.6 Å². The van der Waals surface area contributed by atoms with Crippen molar-refractivity contribution in [1.29, 1.82) is 0 Å². The van der Waals surface area contributed by atoms with Crippen LogP contribution in [0.25, 0.3) is 0 Å². The Labute approximate surface area is 189 Å². The van der Waals surface area contributed by atoms with E-state index in [1.165, 1.54) is 28.6 Å². The number of hydrogen-bond acceptors (Lipinski definition) is 3. The Morgan fingerprint density at radius 3 is 2.40 bits per heavy atom.